The Morgan fingerprint density at radius 3 is 2.84 bits per heavy atom. The molecule has 2 rings (SSSR count). The van der Waals surface area contributed by atoms with E-state index in [1.165, 1.54) is 12.2 Å². The van der Waals surface area contributed by atoms with Crippen molar-refractivity contribution >= 4 is 52.5 Å². The molecule has 1 N–H and O–H groups in total. The minimum absolute atomic E-state index is 0.0963. The first-order valence-corrected chi connectivity index (χ1v) is 8.66. The van der Waals surface area contributed by atoms with Crippen molar-refractivity contribution in [3.8, 4) is 0 Å². The molecule has 0 radical (unpaired) electrons. The third-order valence-corrected chi connectivity index (χ3v) is 4.20. The largest absolute Gasteiger partial charge is 0.452 e. The number of nitrogens with one attached hydrogen (secondary N) is 1. The molecule has 3 amide bonds. The Bertz CT molecular complexity index is 706. The van der Waals surface area contributed by atoms with Crippen LogP contribution in [0.2, 0.25) is 5.02 Å². The summed E-state index contributed by atoms with van der Waals surface area (Å²) in [7, 11) is 0. The van der Waals surface area contributed by atoms with Crippen LogP contribution in [-0.2, 0) is 19.1 Å². The number of nitrogens with zero attached hydrogens (tertiary/aromatic N) is 1. The highest BCUT2D eigenvalue weighted by Gasteiger charge is 2.29. The number of benzene rings is 1. The van der Waals surface area contributed by atoms with Gasteiger partial charge in [-0.1, -0.05) is 35.5 Å². The second kappa shape index (κ2) is 9.24. The van der Waals surface area contributed by atoms with Crippen molar-refractivity contribution in [1.29, 1.82) is 0 Å². The zero-order valence-electron chi connectivity index (χ0n) is 13.1. The zero-order chi connectivity index (χ0) is 18.2. The van der Waals surface area contributed by atoms with E-state index in [4.69, 9.17) is 16.3 Å². The predicted octanol–water partition coefficient (Wildman–Crippen LogP) is 1.71. The van der Waals surface area contributed by atoms with Crippen molar-refractivity contribution in [1.82, 2.24) is 10.2 Å². The van der Waals surface area contributed by atoms with Crippen LogP contribution in [0.15, 0.2) is 30.3 Å². The maximum atomic E-state index is 11.6. The normalized spacial score (nSPS) is 14.2. The summed E-state index contributed by atoms with van der Waals surface area (Å²) in [5.74, 6) is -1.34. The fraction of sp³-hybridized carbons (Fsp3) is 0.250. The fourth-order valence-electron chi connectivity index (χ4n) is 1.91. The van der Waals surface area contributed by atoms with Crippen molar-refractivity contribution in [2.75, 3.05) is 25.4 Å². The summed E-state index contributed by atoms with van der Waals surface area (Å²) >= 11 is 6.76. The van der Waals surface area contributed by atoms with Crippen LogP contribution in [0.3, 0.4) is 0 Å². The highest BCUT2D eigenvalue weighted by Crippen LogP contribution is 2.17. The predicted molar refractivity (Wildman–Crippen MR) is 94.0 cm³/mol. The Morgan fingerprint density at radius 2 is 2.16 bits per heavy atom. The van der Waals surface area contributed by atoms with E-state index in [1.54, 1.807) is 24.3 Å². The number of ether oxygens (including phenoxy) is 1. The van der Waals surface area contributed by atoms with Crippen LogP contribution < -0.4 is 5.32 Å². The van der Waals surface area contributed by atoms with Gasteiger partial charge < -0.3 is 10.1 Å². The second-order valence-corrected chi connectivity index (χ2v) is 6.31. The Hall–Kier alpha value is -2.32. The van der Waals surface area contributed by atoms with E-state index in [2.05, 4.69) is 5.32 Å². The SMILES string of the molecule is O=C(COC(=O)/C=C/c1cccc(Cl)c1)NCCN1C(=O)CSC1=O. The van der Waals surface area contributed by atoms with Crippen LogP contribution in [0.1, 0.15) is 5.56 Å². The molecule has 7 nitrogen and oxygen atoms in total. The summed E-state index contributed by atoms with van der Waals surface area (Å²) in [5.41, 5.74) is 0.728. The molecule has 9 heteroatoms. The average molecular weight is 383 g/mol. The molecule has 132 valence electrons. The minimum Gasteiger partial charge on any atom is -0.452 e. The van der Waals surface area contributed by atoms with Gasteiger partial charge in [-0.25, -0.2) is 4.79 Å². The third-order valence-electron chi connectivity index (χ3n) is 3.10. The van der Waals surface area contributed by atoms with Gasteiger partial charge in [-0.15, -0.1) is 0 Å². The minimum atomic E-state index is -0.670. The lowest BCUT2D eigenvalue weighted by atomic mass is 10.2. The second-order valence-electron chi connectivity index (χ2n) is 4.95. The van der Waals surface area contributed by atoms with Crippen molar-refractivity contribution in [3.05, 3.63) is 40.9 Å². The molecule has 25 heavy (non-hydrogen) atoms. The molecule has 0 saturated carbocycles. The number of hydrogen-bond acceptors (Lipinski definition) is 6. The number of carbonyl (C=O) groups is 4. The van der Waals surface area contributed by atoms with E-state index in [0.717, 1.165) is 22.2 Å². The molecule has 1 fully saturated rings. The first-order valence-electron chi connectivity index (χ1n) is 7.30. The lowest BCUT2D eigenvalue weighted by Gasteiger charge is -2.12. The van der Waals surface area contributed by atoms with Gasteiger partial charge >= 0.3 is 5.97 Å². The smallest absolute Gasteiger partial charge is 0.331 e. The summed E-state index contributed by atoms with van der Waals surface area (Å²) in [5, 5.41) is 2.70. The van der Waals surface area contributed by atoms with E-state index in [0.29, 0.717) is 5.02 Å². The van der Waals surface area contributed by atoms with E-state index < -0.39 is 18.5 Å². The molecule has 0 aromatic heterocycles. The molecule has 1 aliphatic rings. The van der Waals surface area contributed by atoms with Crippen LogP contribution in [0, 0.1) is 0 Å². The number of amides is 3. The molecule has 0 spiro atoms. The summed E-state index contributed by atoms with van der Waals surface area (Å²) in [6, 6.07) is 6.90. The fourth-order valence-corrected chi connectivity index (χ4v) is 2.87. The molecule has 0 unspecified atom stereocenters. The van der Waals surface area contributed by atoms with E-state index in [-0.39, 0.29) is 30.0 Å². The standard InChI is InChI=1S/C16H15ClN2O5S/c17-12-3-1-2-11(8-12)4-5-15(22)24-9-13(20)18-6-7-19-14(21)10-25-16(19)23/h1-5,8H,6-7,9-10H2,(H,18,20)/b5-4+. The first kappa shape index (κ1) is 19.0. The Kier molecular flexibility index (Phi) is 7.03. The summed E-state index contributed by atoms with van der Waals surface area (Å²) < 4.78 is 4.80. The van der Waals surface area contributed by atoms with Crippen LogP contribution in [0.4, 0.5) is 4.79 Å². The topological polar surface area (TPSA) is 92.8 Å². The van der Waals surface area contributed by atoms with Crippen molar-refractivity contribution in [2.24, 2.45) is 0 Å². The molecule has 0 bridgehead atoms. The van der Waals surface area contributed by atoms with Crippen molar-refractivity contribution in [2.45, 2.75) is 0 Å². The van der Waals surface area contributed by atoms with E-state index in [1.807, 2.05) is 0 Å². The average Bonchev–Trinajstić information content (AvgIpc) is 2.90. The van der Waals surface area contributed by atoms with Crippen LogP contribution in [0.25, 0.3) is 6.08 Å². The van der Waals surface area contributed by atoms with Gasteiger partial charge in [0.1, 0.15) is 0 Å². The Labute approximate surface area is 153 Å². The number of rotatable bonds is 7. The van der Waals surface area contributed by atoms with Gasteiger partial charge in [-0.3, -0.25) is 19.3 Å². The zero-order valence-corrected chi connectivity index (χ0v) is 14.6. The van der Waals surface area contributed by atoms with Gasteiger partial charge in [-0.05, 0) is 23.8 Å². The van der Waals surface area contributed by atoms with Gasteiger partial charge in [-0.2, -0.15) is 0 Å². The lowest BCUT2D eigenvalue weighted by molar-refractivity contribution is -0.143. The Balaban J connectivity index is 1.66. The third kappa shape index (κ3) is 6.24. The number of halogens is 1. The van der Waals surface area contributed by atoms with Gasteiger partial charge in [0.05, 0.1) is 5.75 Å². The van der Waals surface area contributed by atoms with Crippen LogP contribution in [-0.4, -0.2) is 53.4 Å². The maximum Gasteiger partial charge on any atom is 0.331 e. The number of thioether (sulfide) groups is 1. The quantitative estimate of drug-likeness (QED) is 0.570. The van der Waals surface area contributed by atoms with Crippen LogP contribution in [0.5, 0.6) is 0 Å². The molecule has 0 aliphatic carbocycles. The first-order chi connectivity index (χ1) is 12.0. The van der Waals surface area contributed by atoms with Gasteiger partial charge in [0.25, 0.3) is 11.1 Å². The summed E-state index contributed by atoms with van der Waals surface area (Å²) in [4.78, 5) is 46.9. The number of hydrogen-bond donors (Lipinski definition) is 1. The van der Waals surface area contributed by atoms with E-state index in [9.17, 15) is 19.2 Å². The molecule has 0 atom stereocenters. The lowest BCUT2D eigenvalue weighted by Crippen LogP contribution is -2.38. The number of carbonyl (C=O) groups excluding carboxylic acids is 4. The van der Waals surface area contributed by atoms with Gasteiger partial charge in [0.15, 0.2) is 6.61 Å². The number of imide groups is 1. The Morgan fingerprint density at radius 1 is 1.36 bits per heavy atom. The molecule has 1 aromatic carbocycles. The highest BCUT2D eigenvalue weighted by atomic mass is 35.5. The molecule has 1 saturated heterocycles. The molecule has 1 heterocycles. The molecule has 1 aromatic rings. The molecular formula is C16H15ClN2O5S. The highest BCUT2D eigenvalue weighted by molar-refractivity contribution is 8.14. The summed E-state index contributed by atoms with van der Waals surface area (Å²) in [6.07, 6.45) is 2.71. The monoisotopic (exact) mass is 382 g/mol. The van der Waals surface area contributed by atoms with Crippen molar-refractivity contribution < 1.29 is 23.9 Å². The molecule has 1 aliphatic heterocycles. The van der Waals surface area contributed by atoms with Crippen molar-refractivity contribution in [3.63, 3.8) is 0 Å². The molecular weight excluding hydrogens is 368 g/mol. The van der Waals surface area contributed by atoms with Gasteiger partial charge in [0.2, 0.25) is 5.91 Å². The summed E-state index contributed by atoms with van der Waals surface area (Å²) in [6.45, 7) is -0.249. The van der Waals surface area contributed by atoms with Gasteiger partial charge in [0, 0.05) is 24.2 Å². The maximum absolute atomic E-state index is 11.6. The van der Waals surface area contributed by atoms with Crippen LogP contribution >= 0.6 is 23.4 Å². The van der Waals surface area contributed by atoms with E-state index >= 15 is 0 Å². The number of esters is 1.